The van der Waals surface area contributed by atoms with E-state index in [-0.39, 0.29) is 0 Å². The average molecular weight is 328 g/mol. The number of β-amino-alcohol motifs (C(OH)–C–C–N with tert-alkyl or cyclic N) is 1. The fraction of sp³-hybridized carbons (Fsp3) is 0.600. The molecular weight excluding hydrogens is 306 g/mol. The van der Waals surface area contributed by atoms with Gasteiger partial charge in [0.1, 0.15) is 18.5 Å². The molecule has 1 aliphatic heterocycles. The molecule has 0 unspecified atom stereocenters. The van der Waals surface area contributed by atoms with Gasteiger partial charge in [0.15, 0.2) is 0 Å². The summed E-state index contributed by atoms with van der Waals surface area (Å²) < 4.78 is 6.58. The van der Waals surface area contributed by atoms with E-state index in [9.17, 15) is 5.11 Å². The van der Waals surface area contributed by atoms with E-state index in [0.29, 0.717) is 19.2 Å². The van der Waals surface area contributed by atoms with Crippen LogP contribution >= 0.6 is 15.9 Å². The van der Waals surface area contributed by atoms with Gasteiger partial charge in [-0.05, 0) is 54.4 Å². The largest absolute Gasteiger partial charge is 0.490 e. The zero-order valence-electron chi connectivity index (χ0n) is 11.4. The van der Waals surface area contributed by atoms with Crippen molar-refractivity contribution in [1.82, 2.24) is 4.90 Å². The number of hydrogen-bond donors (Lipinski definition) is 1. The lowest BCUT2D eigenvalue weighted by molar-refractivity contribution is 0.0436. The molecule has 1 saturated heterocycles. The summed E-state index contributed by atoms with van der Waals surface area (Å²) in [7, 11) is 0. The minimum Gasteiger partial charge on any atom is -0.490 e. The van der Waals surface area contributed by atoms with Crippen LogP contribution in [0.2, 0.25) is 0 Å². The van der Waals surface area contributed by atoms with Gasteiger partial charge in [-0.15, -0.1) is 0 Å². The Kier molecular flexibility index (Phi) is 5.67. The second kappa shape index (κ2) is 7.27. The first-order chi connectivity index (χ1) is 9.16. The second-order valence-electron chi connectivity index (χ2n) is 5.23. The number of ether oxygens (including phenoxy) is 1. The van der Waals surface area contributed by atoms with Crippen LogP contribution in [0.4, 0.5) is 0 Å². The van der Waals surface area contributed by atoms with Crippen molar-refractivity contribution in [2.45, 2.75) is 38.3 Å². The maximum absolute atomic E-state index is 10.1. The smallest absolute Gasteiger partial charge is 0.133 e. The van der Waals surface area contributed by atoms with Gasteiger partial charge in [-0.2, -0.15) is 0 Å². The molecule has 0 spiro atoms. The van der Waals surface area contributed by atoms with Crippen LogP contribution in [0.1, 0.15) is 26.2 Å². The van der Waals surface area contributed by atoms with Gasteiger partial charge in [0.2, 0.25) is 0 Å². The summed E-state index contributed by atoms with van der Waals surface area (Å²) in [6.45, 7) is 4.37. The Labute approximate surface area is 123 Å². The van der Waals surface area contributed by atoms with Crippen LogP contribution < -0.4 is 4.74 Å². The highest BCUT2D eigenvalue weighted by Gasteiger charge is 2.21. The average Bonchev–Trinajstić information content (AvgIpc) is 2.40. The fourth-order valence-corrected chi connectivity index (χ4v) is 2.90. The number of aliphatic hydroxyl groups is 1. The van der Waals surface area contributed by atoms with Crippen LogP contribution in [0.25, 0.3) is 0 Å². The number of para-hydroxylation sites is 1. The summed E-state index contributed by atoms with van der Waals surface area (Å²) in [6.07, 6.45) is 3.34. The van der Waals surface area contributed by atoms with Crippen LogP contribution in [0, 0.1) is 0 Å². The topological polar surface area (TPSA) is 32.7 Å². The molecule has 3 nitrogen and oxygen atoms in total. The van der Waals surface area contributed by atoms with Gasteiger partial charge < -0.3 is 9.84 Å². The number of nitrogens with zero attached hydrogens (tertiary/aromatic N) is 1. The predicted octanol–water partition coefficient (Wildman–Crippen LogP) is 3.06. The molecule has 106 valence electrons. The van der Waals surface area contributed by atoms with Crippen LogP contribution in [0.5, 0.6) is 5.75 Å². The summed E-state index contributed by atoms with van der Waals surface area (Å²) in [5, 5.41) is 10.1. The van der Waals surface area contributed by atoms with Crippen molar-refractivity contribution in [2.75, 3.05) is 19.7 Å². The van der Waals surface area contributed by atoms with E-state index in [2.05, 4.69) is 27.8 Å². The Bertz CT molecular complexity index is 399. The zero-order valence-corrected chi connectivity index (χ0v) is 13.0. The van der Waals surface area contributed by atoms with Gasteiger partial charge in [0, 0.05) is 12.6 Å². The van der Waals surface area contributed by atoms with Crippen molar-refractivity contribution in [3.63, 3.8) is 0 Å². The molecule has 1 heterocycles. The molecular formula is C15H22BrNO2. The first-order valence-electron chi connectivity index (χ1n) is 6.96. The number of likely N-dealkylation sites (tertiary alicyclic amines) is 1. The number of halogens is 1. The molecule has 2 rings (SSSR count). The van der Waals surface area contributed by atoms with Crippen LogP contribution in [-0.4, -0.2) is 41.8 Å². The minimum absolute atomic E-state index is 0.339. The van der Waals surface area contributed by atoms with Crippen molar-refractivity contribution in [3.05, 3.63) is 28.7 Å². The maximum Gasteiger partial charge on any atom is 0.133 e. The Morgan fingerprint density at radius 1 is 1.42 bits per heavy atom. The molecule has 19 heavy (non-hydrogen) atoms. The SMILES string of the molecule is C[C@@H]1CCCCN1C[C@@H](O)COc1ccccc1Br. The van der Waals surface area contributed by atoms with Crippen LogP contribution in [0.15, 0.2) is 28.7 Å². The Hall–Kier alpha value is -0.580. The number of benzene rings is 1. The number of rotatable bonds is 5. The standard InChI is InChI=1S/C15H22BrNO2/c1-12-6-4-5-9-17(12)10-13(18)11-19-15-8-3-2-7-14(15)16/h2-3,7-8,12-13,18H,4-6,9-11H2,1H3/t12-,13-/m1/s1. The third-order valence-electron chi connectivity index (χ3n) is 3.65. The molecule has 4 heteroatoms. The molecule has 0 amide bonds. The molecule has 0 radical (unpaired) electrons. The van der Waals surface area contributed by atoms with Crippen molar-refractivity contribution >= 4 is 15.9 Å². The first-order valence-corrected chi connectivity index (χ1v) is 7.75. The van der Waals surface area contributed by atoms with E-state index in [1.807, 2.05) is 24.3 Å². The minimum atomic E-state index is -0.437. The third kappa shape index (κ3) is 4.48. The van der Waals surface area contributed by atoms with Crippen molar-refractivity contribution in [1.29, 1.82) is 0 Å². The highest BCUT2D eigenvalue weighted by molar-refractivity contribution is 9.10. The van der Waals surface area contributed by atoms with Gasteiger partial charge >= 0.3 is 0 Å². The van der Waals surface area contributed by atoms with Crippen LogP contribution in [0.3, 0.4) is 0 Å². The molecule has 1 N–H and O–H groups in total. The van der Waals surface area contributed by atoms with E-state index < -0.39 is 6.10 Å². The Balaban J connectivity index is 1.78. The van der Waals surface area contributed by atoms with Crippen molar-refractivity contribution in [3.8, 4) is 5.75 Å². The summed E-state index contributed by atoms with van der Waals surface area (Å²) in [6, 6.07) is 8.29. The number of aliphatic hydroxyl groups excluding tert-OH is 1. The van der Waals surface area contributed by atoms with E-state index >= 15 is 0 Å². The van der Waals surface area contributed by atoms with E-state index in [4.69, 9.17) is 4.74 Å². The van der Waals surface area contributed by atoms with Gasteiger partial charge in [0.25, 0.3) is 0 Å². The lowest BCUT2D eigenvalue weighted by Crippen LogP contribution is -2.43. The molecule has 0 bridgehead atoms. The second-order valence-corrected chi connectivity index (χ2v) is 6.09. The highest BCUT2D eigenvalue weighted by atomic mass is 79.9. The Morgan fingerprint density at radius 2 is 2.21 bits per heavy atom. The zero-order chi connectivity index (χ0) is 13.7. The Morgan fingerprint density at radius 3 is 2.95 bits per heavy atom. The van der Waals surface area contributed by atoms with Crippen LogP contribution in [-0.2, 0) is 0 Å². The number of hydrogen-bond acceptors (Lipinski definition) is 3. The summed E-state index contributed by atoms with van der Waals surface area (Å²) in [5.74, 6) is 0.785. The van der Waals surface area contributed by atoms with E-state index in [0.717, 1.165) is 16.8 Å². The van der Waals surface area contributed by atoms with E-state index in [1.165, 1.54) is 19.3 Å². The molecule has 2 atom stereocenters. The van der Waals surface area contributed by atoms with Gasteiger partial charge in [-0.25, -0.2) is 0 Å². The summed E-state index contributed by atoms with van der Waals surface area (Å²) >= 11 is 3.44. The first kappa shape index (κ1) is 14.8. The van der Waals surface area contributed by atoms with Gasteiger partial charge in [0.05, 0.1) is 4.47 Å². The summed E-state index contributed by atoms with van der Waals surface area (Å²) in [5.41, 5.74) is 0. The predicted molar refractivity (Wildman–Crippen MR) is 80.5 cm³/mol. The van der Waals surface area contributed by atoms with E-state index in [1.54, 1.807) is 0 Å². The maximum atomic E-state index is 10.1. The number of piperidine rings is 1. The lowest BCUT2D eigenvalue weighted by atomic mass is 10.0. The van der Waals surface area contributed by atoms with Crippen molar-refractivity contribution < 1.29 is 9.84 Å². The molecule has 0 aromatic heterocycles. The fourth-order valence-electron chi connectivity index (χ4n) is 2.50. The molecule has 1 aliphatic rings. The quantitative estimate of drug-likeness (QED) is 0.902. The molecule has 1 aromatic rings. The molecule has 1 aromatic carbocycles. The summed E-state index contributed by atoms with van der Waals surface area (Å²) in [4.78, 5) is 2.36. The van der Waals surface area contributed by atoms with Gasteiger partial charge in [-0.3, -0.25) is 4.90 Å². The molecule has 0 saturated carbocycles. The monoisotopic (exact) mass is 327 g/mol. The van der Waals surface area contributed by atoms with Gasteiger partial charge in [-0.1, -0.05) is 18.6 Å². The van der Waals surface area contributed by atoms with Crippen molar-refractivity contribution in [2.24, 2.45) is 0 Å². The lowest BCUT2D eigenvalue weighted by Gasteiger charge is -2.34. The highest BCUT2D eigenvalue weighted by Crippen LogP contribution is 2.24. The third-order valence-corrected chi connectivity index (χ3v) is 4.31. The normalized spacial score (nSPS) is 22.2. The molecule has 0 aliphatic carbocycles. The molecule has 1 fully saturated rings.